The molecule has 12 atom stereocenters. The molecule has 0 aliphatic carbocycles. The second kappa shape index (κ2) is 37.9. The van der Waals surface area contributed by atoms with Crippen LogP contribution < -0.4 is 26.2 Å². The van der Waals surface area contributed by atoms with Gasteiger partial charge in [0.1, 0.15) is 66.6 Å². The molecule has 0 saturated carbocycles. The third-order valence-electron chi connectivity index (χ3n) is 20.0. The largest absolute Gasteiger partial charge is 0.505 e. The van der Waals surface area contributed by atoms with E-state index in [4.69, 9.17) is 18.6 Å². The predicted octanol–water partition coefficient (Wildman–Crippen LogP) is 4.87. The minimum atomic E-state index is -1.66. The number of hydrogen-bond acceptors (Lipinski definition) is 20. The van der Waals surface area contributed by atoms with Crippen molar-refractivity contribution in [2.24, 2.45) is 11.8 Å². The van der Waals surface area contributed by atoms with E-state index in [1.165, 1.54) is 63.3 Å². The maximum absolute atomic E-state index is 15.5. The van der Waals surface area contributed by atoms with Gasteiger partial charge in [-0.05, 0) is 105 Å². The monoisotopic (exact) mass is 1480 g/mol. The second-order valence-electron chi connectivity index (χ2n) is 28.5. The summed E-state index contributed by atoms with van der Waals surface area (Å²) < 4.78 is 37.4. The lowest BCUT2D eigenvalue weighted by atomic mass is 9.94. The zero-order valence-corrected chi connectivity index (χ0v) is 62.3. The van der Waals surface area contributed by atoms with Crippen molar-refractivity contribution in [2.45, 2.75) is 166 Å². The fourth-order valence-electron chi connectivity index (χ4n) is 14.1. The molecule has 6 aliphatic heterocycles. The number of likely N-dealkylation sites (N-methyl/N-ethyl adjacent to an activating group) is 1. The van der Waals surface area contributed by atoms with Gasteiger partial charge in [0.25, 0.3) is 11.8 Å². The lowest BCUT2D eigenvalue weighted by molar-refractivity contribution is -0.158. The summed E-state index contributed by atoms with van der Waals surface area (Å²) in [4.78, 5) is 159. The third-order valence-corrected chi connectivity index (χ3v) is 20.0. The number of anilines is 1. The number of benzene rings is 2. The number of nitrogens with zero attached hydrogens (tertiary/aromatic N) is 8. The van der Waals surface area contributed by atoms with E-state index in [1.807, 2.05) is 70.1 Å². The number of oxazole rings is 1. The number of aromatic nitrogens is 2. The Morgan fingerprint density at radius 2 is 1.52 bits per heavy atom. The van der Waals surface area contributed by atoms with Crippen LogP contribution in [0.5, 0.6) is 5.75 Å². The molecule has 2 aromatic heterocycles. The summed E-state index contributed by atoms with van der Waals surface area (Å²) in [6.07, 6.45) is 9.80. The van der Waals surface area contributed by atoms with Crippen LogP contribution in [0.2, 0.25) is 0 Å². The summed E-state index contributed by atoms with van der Waals surface area (Å²) in [6.45, 7) is 14.4. The zero-order valence-electron chi connectivity index (χ0n) is 62.3. The van der Waals surface area contributed by atoms with Gasteiger partial charge in [-0.25, -0.2) is 23.9 Å². The van der Waals surface area contributed by atoms with E-state index in [2.05, 4.69) is 36.1 Å². The summed E-state index contributed by atoms with van der Waals surface area (Å²) in [6, 6.07) is 10.2. The molecular weight excluding hydrogens is 1380 g/mol. The van der Waals surface area contributed by atoms with Gasteiger partial charge in [-0.2, -0.15) is 0 Å². The van der Waals surface area contributed by atoms with E-state index >= 15 is 4.79 Å². The number of rotatable bonds is 10. The molecular formula is C78H101FN12O16. The van der Waals surface area contributed by atoms with Gasteiger partial charge in [0.15, 0.2) is 23.3 Å². The van der Waals surface area contributed by atoms with Crippen LogP contribution in [-0.2, 0) is 65.4 Å². The van der Waals surface area contributed by atoms with Gasteiger partial charge < -0.3 is 74.6 Å². The Kier molecular flexibility index (Phi) is 28.7. The van der Waals surface area contributed by atoms with Crippen molar-refractivity contribution >= 4 is 64.9 Å². The van der Waals surface area contributed by atoms with Gasteiger partial charge >= 0.3 is 11.9 Å². The number of aliphatic hydroxyl groups excluding tert-OH is 1. The van der Waals surface area contributed by atoms with Crippen LogP contribution in [-0.4, -0.2) is 245 Å². The molecule has 2 bridgehead atoms. The number of aromatic hydroxyl groups is 1. The number of aliphatic hydroxyl groups is 1. The molecule has 2 aromatic carbocycles. The van der Waals surface area contributed by atoms with Crippen molar-refractivity contribution in [3.8, 4) is 5.75 Å². The Morgan fingerprint density at radius 1 is 0.813 bits per heavy atom. The molecule has 107 heavy (non-hydrogen) atoms. The lowest BCUT2D eigenvalue weighted by Crippen LogP contribution is -2.61. The fraction of sp³-hybridized carbons (Fsp3) is 0.513. The van der Waals surface area contributed by atoms with Crippen LogP contribution in [0.4, 0.5) is 10.1 Å². The normalized spacial score (nSPS) is 27.1. The van der Waals surface area contributed by atoms with Gasteiger partial charge in [-0.15, -0.1) is 0 Å². The number of nitrogens with one attached hydrogen (secondary N) is 4. The van der Waals surface area contributed by atoms with Crippen LogP contribution >= 0.6 is 0 Å². The number of morpholine rings is 1. The number of carbonyl (C=O) groups excluding carboxylic acids is 10. The average molecular weight is 1480 g/mol. The molecule has 0 spiro atoms. The molecule has 8 amide bonds. The van der Waals surface area contributed by atoms with Crippen molar-refractivity contribution in [3.63, 3.8) is 0 Å². The molecule has 29 heteroatoms. The smallest absolute Gasteiger partial charge is 0.333 e. The molecule has 576 valence electrons. The summed E-state index contributed by atoms with van der Waals surface area (Å²) in [5.74, 6) is -7.05. The predicted molar refractivity (Wildman–Crippen MR) is 392 cm³/mol. The van der Waals surface area contributed by atoms with Gasteiger partial charge in [0.2, 0.25) is 35.4 Å². The van der Waals surface area contributed by atoms with Crippen LogP contribution in [0.3, 0.4) is 0 Å². The number of ether oxygens (including phenoxy) is 3. The number of halogens is 1. The number of allylic oxidation sites excluding steroid dienone is 2. The van der Waals surface area contributed by atoms with Gasteiger partial charge in [0.05, 0.1) is 25.7 Å². The Hall–Kier alpha value is -10.1. The van der Waals surface area contributed by atoms with Crippen molar-refractivity contribution in [1.29, 1.82) is 0 Å². The zero-order chi connectivity index (χ0) is 77.2. The van der Waals surface area contributed by atoms with Crippen molar-refractivity contribution < 1.29 is 81.2 Å². The first-order valence-corrected chi connectivity index (χ1v) is 36.7. The molecule has 6 N–H and O–H groups in total. The number of fused-ring (bicyclic) bond motifs is 5. The number of pyridine rings is 1. The highest BCUT2D eigenvalue weighted by Gasteiger charge is 2.46. The first-order chi connectivity index (χ1) is 51.2. The first-order valence-electron chi connectivity index (χ1n) is 36.7. The fourth-order valence-corrected chi connectivity index (χ4v) is 14.1. The first kappa shape index (κ1) is 81.0. The molecule has 28 nitrogen and oxygen atoms in total. The maximum atomic E-state index is 15.5. The van der Waals surface area contributed by atoms with E-state index in [0.717, 1.165) is 16.8 Å². The Bertz CT molecular complexity index is 3930. The van der Waals surface area contributed by atoms with Crippen molar-refractivity contribution in [2.75, 3.05) is 85.1 Å². The molecule has 4 aromatic rings. The Balaban J connectivity index is 0.000000294. The minimum Gasteiger partial charge on any atom is -0.505 e. The number of cyclic esters (lactones) is 2. The van der Waals surface area contributed by atoms with Crippen LogP contribution in [0.1, 0.15) is 131 Å². The molecule has 4 saturated heterocycles. The lowest BCUT2D eigenvalue weighted by Gasteiger charge is -2.41. The summed E-state index contributed by atoms with van der Waals surface area (Å²) in [5, 5.41) is 31.6. The number of alkyl halides is 1. The maximum Gasteiger partial charge on any atom is 0.333 e. The highest BCUT2D eigenvalue weighted by atomic mass is 19.1. The number of carbonyl (C=O) groups is 10. The van der Waals surface area contributed by atoms with E-state index in [0.29, 0.717) is 76.2 Å². The molecule has 8 heterocycles. The molecule has 0 radical (unpaired) electrons. The van der Waals surface area contributed by atoms with E-state index in [1.54, 1.807) is 69.5 Å². The second-order valence-corrected chi connectivity index (χ2v) is 28.5. The van der Waals surface area contributed by atoms with Gasteiger partial charge in [-0.3, -0.25) is 43.3 Å². The Labute approximate surface area is 623 Å². The van der Waals surface area contributed by atoms with Crippen LogP contribution in [0.15, 0.2) is 131 Å². The number of amides is 8. The van der Waals surface area contributed by atoms with Crippen molar-refractivity contribution in [3.05, 3.63) is 155 Å². The molecule has 10 rings (SSSR count). The van der Waals surface area contributed by atoms with E-state index in [9.17, 15) is 57.8 Å². The van der Waals surface area contributed by atoms with Crippen LogP contribution in [0, 0.1) is 11.8 Å². The molecule has 4 fully saturated rings. The third kappa shape index (κ3) is 21.4. The average Bonchev–Trinajstić information content (AvgIpc) is 1.67. The summed E-state index contributed by atoms with van der Waals surface area (Å²) in [7, 11) is 5.38. The standard InChI is InChI=1S/C50H63N9O10.C28H38FN3O6/c1-6-36-47(64)58-23-11-14-38(58)48(65)56(5)39(28-32-16-19-35(20-17-32)55(3)4)49(66)59-30-33(29-57-24-26-68-27-25-57)18-21-37(59)44(61)54-42(34-12-8-7-9-13-34)50(67)69-31(2)41(45(62)52-36)53-46(63)43-40(60)15-10-22-51-43;1-17(2)26-19(4)9-10-24(34)30-11-5-7-18(3)13-21(33)14-20(29)15-25-31-22(16-37-25)27(35)32-12-6-8-23(32)28(36)38-26/h7-10,12-13,15-20,22,31,36-39,41-42,60H,6,11,14,21,23-30H2,1-5H3,(H,52,62)(H,53,63)(H,54,61);5,7,9-10,13,16-17,19-21,23,26,33H,6,8,11-12,14-15H2,1-4H3,(H,30,34)/b;7-5?,10-9+,18-13?/t31-,36-,37+,38+,39+,41+,42+;19-,20-,21-,23-,26-/m11/s1. The SMILES string of the molecule is CC1=C[C@@H](O)C[C@@H](F)Cc2nc(co2)C(=O)N2CCC[C@@H]2C(=O)O[C@H](C(C)C)[C@H](C)/C=C/C(=O)NCC=C1.CC[C@H]1NC(=O)[C@@H](NC(=O)c2ncccc2O)[C@@H](C)OC(=O)[C@H](c2ccccc2)NC(=O)[C@@H]2CC=C(CN3CCOCC3)CN2C(=O)[C@H](Cc2ccc(N(C)C)cc2)N(C)C(=O)[C@@H]2CCCN2C1=O. The van der Waals surface area contributed by atoms with Gasteiger partial charge in [0, 0.05) is 97.6 Å². The van der Waals surface area contributed by atoms with Crippen molar-refractivity contribution in [1.82, 2.24) is 55.7 Å². The van der Waals surface area contributed by atoms with Crippen LogP contribution in [0.25, 0.3) is 0 Å². The number of hydrogen-bond donors (Lipinski definition) is 6. The van der Waals surface area contributed by atoms with E-state index < -0.39 is 132 Å². The molecule has 6 aliphatic rings. The van der Waals surface area contributed by atoms with E-state index in [-0.39, 0.29) is 81.1 Å². The summed E-state index contributed by atoms with van der Waals surface area (Å²) in [5.41, 5.74) is 3.22. The topological polar surface area (TPSA) is 345 Å². The molecule has 0 unspecified atom stereocenters. The highest BCUT2D eigenvalue weighted by molar-refractivity contribution is 6.01. The highest BCUT2D eigenvalue weighted by Crippen LogP contribution is 2.30. The quantitative estimate of drug-likeness (QED) is 0.0910. The Morgan fingerprint density at radius 3 is 2.21 bits per heavy atom. The number of esters is 2. The minimum absolute atomic E-state index is 0.00515. The summed E-state index contributed by atoms with van der Waals surface area (Å²) >= 11 is 0. The van der Waals surface area contributed by atoms with Gasteiger partial charge in [-0.1, -0.05) is 106 Å².